The van der Waals surface area contributed by atoms with Gasteiger partial charge in [-0.15, -0.1) is 0 Å². The second-order valence-corrected chi connectivity index (χ2v) is 8.79. The molecule has 8 nitrogen and oxygen atoms in total. The molecule has 0 unspecified atom stereocenters. The summed E-state index contributed by atoms with van der Waals surface area (Å²) >= 11 is 0. The maximum Gasteiger partial charge on any atom is 0.407 e. The standard InChI is InChI=1S/C16H21NO4.C8H15NO2/c18-15(19)14-8-6-12(7-9-14)10-17-16(20)21-11-13-4-2-1-3-5-13;9-5-6-1-3-7(4-2-6)8(10)11/h1-5,12,14H,6-11H2,(H,17,20)(H,18,19);6-7H,1-5,9H2,(H,10,11). The number of carbonyl (C=O) groups excluding carboxylic acids is 1. The lowest BCUT2D eigenvalue weighted by Crippen LogP contribution is -2.32. The molecule has 8 heteroatoms. The van der Waals surface area contributed by atoms with Crippen LogP contribution in [0, 0.1) is 23.7 Å². The average molecular weight is 449 g/mol. The number of nitrogens with two attached hydrogens (primary N) is 1. The van der Waals surface area contributed by atoms with Crippen LogP contribution in [0.25, 0.3) is 0 Å². The molecule has 178 valence electrons. The maximum absolute atomic E-state index is 11.6. The molecule has 2 saturated carbocycles. The molecule has 0 spiro atoms. The Morgan fingerprint density at radius 2 is 1.34 bits per heavy atom. The summed E-state index contributed by atoms with van der Waals surface area (Å²) in [6.45, 7) is 1.53. The van der Waals surface area contributed by atoms with Crippen LogP contribution in [-0.4, -0.2) is 41.3 Å². The van der Waals surface area contributed by atoms with Crippen molar-refractivity contribution in [3.05, 3.63) is 35.9 Å². The number of carboxylic acid groups (broad SMARTS) is 2. The molecule has 1 aromatic rings. The summed E-state index contributed by atoms with van der Waals surface area (Å²) in [5, 5.41) is 20.4. The van der Waals surface area contributed by atoms with E-state index in [9.17, 15) is 14.4 Å². The Balaban J connectivity index is 0.000000278. The highest BCUT2D eigenvalue weighted by atomic mass is 16.5. The molecule has 0 bridgehead atoms. The molecule has 1 aromatic carbocycles. The van der Waals surface area contributed by atoms with Crippen molar-refractivity contribution in [2.24, 2.45) is 29.4 Å². The predicted octanol–water partition coefficient (Wildman–Crippen LogP) is 3.64. The Kier molecular flexibility index (Phi) is 11.0. The zero-order chi connectivity index (χ0) is 23.3. The molecule has 0 radical (unpaired) electrons. The largest absolute Gasteiger partial charge is 0.481 e. The number of carboxylic acids is 2. The van der Waals surface area contributed by atoms with E-state index in [-0.39, 0.29) is 18.4 Å². The van der Waals surface area contributed by atoms with Crippen LogP contribution < -0.4 is 11.1 Å². The molecule has 0 aliphatic heterocycles. The van der Waals surface area contributed by atoms with Gasteiger partial charge in [-0.05, 0) is 75.3 Å². The molecule has 2 fully saturated rings. The van der Waals surface area contributed by atoms with Crippen LogP contribution in [0.1, 0.15) is 56.9 Å². The second-order valence-electron chi connectivity index (χ2n) is 8.79. The lowest BCUT2D eigenvalue weighted by atomic mass is 9.82. The molecule has 1 amide bonds. The Hall–Kier alpha value is -2.61. The summed E-state index contributed by atoms with van der Waals surface area (Å²) in [5.74, 6) is -0.733. The summed E-state index contributed by atoms with van der Waals surface area (Å²) in [4.78, 5) is 33.0. The molecule has 32 heavy (non-hydrogen) atoms. The first-order chi connectivity index (χ1) is 15.4. The van der Waals surface area contributed by atoms with Gasteiger partial charge in [-0.25, -0.2) is 4.79 Å². The molecular formula is C24H36N2O6. The zero-order valence-corrected chi connectivity index (χ0v) is 18.6. The van der Waals surface area contributed by atoms with Crippen molar-refractivity contribution in [3.8, 4) is 0 Å². The van der Waals surface area contributed by atoms with Crippen LogP contribution in [0.15, 0.2) is 30.3 Å². The van der Waals surface area contributed by atoms with E-state index in [2.05, 4.69) is 5.32 Å². The number of hydrogen-bond donors (Lipinski definition) is 4. The van der Waals surface area contributed by atoms with Gasteiger partial charge in [-0.3, -0.25) is 9.59 Å². The van der Waals surface area contributed by atoms with Gasteiger partial charge in [0.05, 0.1) is 11.8 Å². The average Bonchev–Trinajstić information content (AvgIpc) is 2.82. The Morgan fingerprint density at radius 3 is 1.81 bits per heavy atom. The summed E-state index contributed by atoms with van der Waals surface area (Å²) in [6.07, 6.45) is 6.28. The first-order valence-corrected chi connectivity index (χ1v) is 11.5. The van der Waals surface area contributed by atoms with Gasteiger partial charge in [0.15, 0.2) is 0 Å². The SMILES string of the molecule is NCC1CCC(C(=O)O)CC1.O=C(NCC1CCC(C(=O)O)CC1)OCc1ccccc1. The first kappa shape index (κ1) is 25.6. The van der Waals surface area contributed by atoms with Gasteiger partial charge >= 0.3 is 18.0 Å². The topological polar surface area (TPSA) is 139 Å². The monoisotopic (exact) mass is 448 g/mol. The third-order valence-corrected chi connectivity index (χ3v) is 6.47. The summed E-state index contributed by atoms with van der Waals surface area (Å²) in [7, 11) is 0. The van der Waals surface area contributed by atoms with Gasteiger partial charge in [0.1, 0.15) is 6.61 Å². The van der Waals surface area contributed by atoms with Gasteiger partial charge in [0.2, 0.25) is 0 Å². The third-order valence-electron chi connectivity index (χ3n) is 6.47. The van der Waals surface area contributed by atoms with Gasteiger partial charge in [0.25, 0.3) is 0 Å². The minimum atomic E-state index is -0.705. The lowest BCUT2D eigenvalue weighted by Gasteiger charge is -2.25. The second kappa shape index (κ2) is 13.7. The molecule has 3 rings (SSSR count). The zero-order valence-electron chi connectivity index (χ0n) is 18.6. The first-order valence-electron chi connectivity index (χ1n) is 11.5. The molecule has 2 aliphatic carbocycles. The fourth-order valence-electron chi connectivity index (χ4n) is 4.26. The van der Waals surface area contributed by atoms with Gasteiger partial charge in [0, 0.05) is 6.54 Å². The molecule has 0 atom stereocenters. The number of amides is 1. The van der Waals surface area contributed by atoms with Gasteiger partial charge < -0.3 is 26.0 Å². The van der Waals surface area contributed by atoms with E-state index in [1.165, 1.54) is 0 Å². The van der Waals surface area contributed by atoms with Crippen molar-refractivity contribution >= 4 is 18.0 Å². The van der Waals surface area contributed by atoms with E-state index in [0.717, 1.165) is 44.1 Å². The Bertz CT molecular complexity index is 710. The molecular weight excluding hydrogens is 412 g/mol. The summed E-state index contributed by atoms with van der Waals surface area (Å²) < 4.78 is 5.13. The number of rotatable bonds is 7. The van der Waals surface area contributed by atoms with Crippen molar-refractivity contribution in [1.29, 1.82) is 0 Å². The predicted molar refractivity (Wildman–Crippen MR) is 120 cm³/mol. The van der Waals surface area contributed by atoms with Gasteiger partial charge in [-0.2, -0.15) is 0 Å². The van der Waals surface area contributed by atoms with E-state index in [1.807, 2.05) is 30.3 Å². The number of hydrogen-bond acceptors (Lipinski definition) is 5. The smallest absolute Gasteiger partial charge is 0.407 e. The van der Waals surface area contributed by atoms with Crippen LogP contribution in [-0.2, 0) is 20.9 Å². The van der Waals surface area contributed by atoms with E-state index in [1.54, 1.807) is 0 Å². The third kappa shape index (κ3) is 9.26. The number of benzene rings is 1. The Morgan fingerprint density at radius 1 is 0.844 bits per heavy atom. The summed E-state index contributed by atoms with van der Waals surface area (Å²) in [5.41, 5.74) is 6.43. The fraction of sp³-hybridized carbons (Fsp3) is 0.625. The number of nitrogens with one attached hydrogen (secondary N) is 1. The number of carbonyl (C=O) groups is 3. The van der Waals surface area contributed by atoms with Crippen molar-refractivity contribution in [2.45, 2.75) is 58.0 Å². The number of alkyl carbamates (subject to hydrolysis) is 1. The van der Waals surface area contributed by atoms with Crippen LogP contribution in [0.5, 0.6) is 0 Å². The maximum atomic E-state index is 11.6. The van der Waals surface area contributed by atoms with Crippen molar-refractivity contribution in [1.82, 2.24) is 5.32 Å². The van der Waals surface area contributed by atoms with Crippen LogP contribution in [0.2, 0.25) is 0 Å². The van der Waals surface area contributed by atoms with E-state index in [0.29, 0.717) is 37.8 Å². The quantitative estimate of drug-likeness (QED) is 0.499. The molecule has 5 N–H and O–H groups in total. The number of aliphatic carboxylic acids is 2. The molecule has 0 heterocycles. The fourth-order valence-corrected chi connectivity index (χ4v) is 4.26. The van der Waals surface area contributed by atoms with Crippen LogP contribution in [0.4, 0.5) is 4.79 Å². The molecule has 2 aliphatic rings. The van der Waals surface area contributed by atoms with Crippen LogP contribution in [0.3, 0.4) is 0 Å². The molecule has 0 saturated heterocycles. The number of ether oxygens (including phenoxy) is 1. The Labute approximate surface area is 189 Å². The highest BCUT2D eigenvalue weighted by Gasteiger charge is 2.26. The van der Waals surface area contributed by atoms with Crippen molar-refractivity contribution < 1.29 is 29.3 Å². The van der Waals surface area contributed by atoms with E-state index >= 15 is 0 Å². The normalized spacial score (nSPS) is 25.0. The van der Waals surface area contributed by atoms with E-state index in [4.69, 9.17) is 20.7 Å². The van der Waals surface area contributed by atoms with Crippen LogP contribution >= 0.6 is 0 Å². The van der Waals surface area contributed by atoms with E-state index < -0.39 is 18.0 Å². The minimum absolute atomic E-state index is 0.0993. The highest BCUT2D eigenvalue weighted by molar-refractivity contribution is 5.70. The van der Waals surface area contributed by atoms with Crippen molar-refractivity contribution in [2.75, 3.05) is 13.1 Å². The van der Waals surface area contributed by atoms with Crippen molar-refractivity contribution in [3.63, 3.8) is 0 Å². The lowest BCUT2D eigenvalue weighted by molar-refractivity contribution is -0.144. The summed E-state index contributed by atoms with van der Waals surface area (Å²) in [6, 6.07) is 9.52. The molecule has 0 aromatic heterocycles. The van der Waals surface area contributed by atoms with Gasteiger partial charge in [-0.1, -0.05) is 30.3 Å². The minimum Gasteiger partial charge on any atom is -0.481 e. The highest BCUT2D eigenvalue weighted by Crippen LogP contribution is 2.29.